The summed E-state index contributed by atoms with van der Waals surface area (Å²) in [6.07, 6.45) is -1.22. The fraction of sp³-hybridized carbons (Fsp3) is 0.423. The van der Waals surface area contributed by atoms with Crippen LogP contribution in [0.3, 0.4) is 0 Å². The van der Waals surface area contributed by atoms with Crippen molar-refractivity contribution in [2.24, 2.45) is 5.92 Å². The molecule has 3 atom stereocenters. The summed E-state index contributed by atoms with van der Waals surface area (Å²) in [7, 11) is 0. The molecule has 1 fully saturated rings. The third kappa shape index (κ3) is 5.07. The van der Waals surface area contributed by atoms with Crippen LogP contribution in [-0.4, -0.2) is 54.5 Å². The highest BCUT2D eigenvalue weighted by molar-refractivity contribution is 5.84. The van der Waals surface area contributed by atoms with E-state index >= 15 is 0 Å². The number of aliphatic carboxylic acids is 1. The van der Waals surface area contributed by atoms with Gasteiger partial charge in [-0.2, -0.15) is 0 Å². The molecule has 8 nitrogen and oxygen atoms in total. The number of rotatable bonds is 8. The van der Waals surface area contributed by atoms with E-state index in [4.69, 9.17) is 14.6 Å². The van der Waals surface area contributed by atoms with E-state index < -0.39 is 36.2 Å². The number of ether oxygens (including phenoxy) is 2. The van der Waals surface area contributed by atoms with Gasteiger partial charge in [-0.1, -0.05) is 62.4 Å². The molecule has 2 aromatic rings. The smallest absolute Gasteiger partial charge is 0.407 e. The number of carboxylic acids is 1. The van der Waals surface area contributed by atoms with Gasteiger partial charge in [0.25, 0.3) is 5.91 Å². The number of fused-ring (bicyclic) bond motifs is 3. The van der Waals surface area contributed by atoms with E-state index in [0.717, 1.165) is 22.3 Å². The number of carbonyl (C=O) groups excluding carboxylic acids is 2. The number of carboxylic acid groups (broad SMARTS) is 1. The van der Waals surface area contributed by atoms with Crippen molar-refractivity contribution in [1.29, 1.82) is 0 Å². The highest BCUT2D eigenvalue weighted by Crippen LogP contribution is 2.44. The molecule has 2 aliphatic rings. The van der Waals surface area contributed by atoms with Crippen LogP contribution in [0, 0.1) is 5.92 Å². The van der Waals surface area contributed by atoms with Crippen molar-refractivity contribution >= 4 is 18.0 Å². The largest absolute Gasteiger partial charge is 0.481 e. The Kier molecular flexibility index (Phi) is 7.17. The van der Waals surface area contributed by atoms with E-state index in [0.29, 0.717) is 13.0 Å². The minimum absolute atomic E-state index is 0.0557. The Morgan fingerprint density at radius 3 is 2.26 bits per heavy atom. The molecule has 2 unspecified atom stereocenters. The van der Waals surface area contributed by atoms with Crippen LogP contribution in [0.4, 0.5) is 4.79 Å². The Bertz CT molecular complexity index is 1020. The van der Waals surface area contributed by atoms with Gasteiger partial charge < -0.3 is 25.2 Å². The molecule has 0 saturated carbocycles. The Balaban J connectivity index is 1.36. The van der Waals surface area contributed by atoms with Crippen molar-refractivity contribution in [2.45, 2.75) is 50.8 Å². The molecular weight excluding hydrogens is 436 g/mol. The molecule has 0 radical (unpaired) electrons. The molecule has 2 aromatic carbocycles. The number of carbonyl (C=O) groups is 3. The van der Waals surface area contributed by atoms with Gasteiger partial charge in [-0.15, -0.1) is 0 Å². The Hall–Kier alpha value is -3.39. The van der Waals surface area contributed by atoms with Gasteiger partial charge in [0.1, 0.15) is 6.61 Å². The Morgan fingerprint density at radius 2 is 1.68 bits per heavy atom. The Labute approximate surface area is 198 Å². The van der Waals surface area contributed by atoms with Gasteiger partial charge >= 0.3 is 12.1 Å². The third-order valence-electron chi connectivity index (χ3n) is 6.52. The first kappa shape index (κ1) is 23.8. The maximum Gasteiger partial charge on any atom is 0.407 e. The van der Waals surface area contributed by atoms with E-state index in [1.807, 2.05) is 38.1 Å². The molecule has 2 amide bonds. The highest BCUT2D eigenvalue weighted by atomic mass is 16.6. The lowest BCUT2D eigenvalue weighted by Crippen LogP contribution is -2.52. The first-order valence-electron chi connectivity index (χ1n) is 11.6. The van der Waals surface area contributed by atoms with Crippen LogP contribution in [0.5, 0.6) is 0 Å². The van der Waals surface area contributed by atoms with Gasteiger partial charge in [-0.05, 0) is 34.6 Å². The van der Waals surface area contributed by atoms with E-state index in [-0.39, 0.29) is 24.9 Å². The monoisotopic (exact) mass is 466 g/mol. The lowest BCUT2D eigenvalue weighted by Gasteiger charge is -2.25. The van der Waals surface area contributed by atoms with Gasteiger partial charge in [0.2, 0.25) is 0 Å². The standard InChI is InChI=1S/C26H30N2O6/c1-15(2)22(13-23(29)30)27-25(31)24-21(11-12-33-24)28-26(32)34-14-20-18-9-5-3-7-16(18)17-8-4-6-10-19(17)20/h3-10,15,20-22,24H,11-14H2,1-2H3,(H,27,31)(H,28,32)(H,29,30)/t21?,22-,24?/m0/s1. The molecule has 0 bridgehead atoms. The third-order valence-corrected chi connectivity index (χ3v) is 6.52. The molecule has 1 saturated heterocycles. The minimum Gasteiger partial charge on any atom is -0.481 e. The quantitative estimate of drug-likeness (QED) is 0.550. The molecule has 1 aliphatic carbocycles. The van der Waals surface area contributed by atoms with Crippen LogP contribution in [0.25, 0.3) is 11.1 Å². The summed E-state index contributed by atoms with van der Waals surface area (Å²) < 4.78 is 11.1. The van der Waals surface area contributed by atoms with Crippen LogP contribution in [0.2, 0.25) is 0 Å². The van der Waals surface area contributed by atoms with E-state index in [1.165, 1.54) is 0 Å². The van der Waals surface area contributed by atoms with Crippen molar-refractivity contribution in [2.75, 3.05) is 13.2 Å². The molecule has 1 aliphatic heterocycles. The Morgan fingerprint density at radius 1 is 1.06 bits per heavy atom. The molecular formula is C26H30N2O6. The van der Waals surface area contributed by atoms with Crippen molar-refractivity contribution in [3.05, 3.63) is 59.7 Å². The molecule has 1 heterocycles. The van der Waals surface area contributed by atoms with Crippen LogP contribution < -0.4 is 10.6 Å². The molecule has 3 N–H and O–H groups in total. The SMILES string of the molecule is CC(C)[C@H](CC(=O)O)NC(=O)C1OCCC1NC(=O)OCC1c2ccccc2-c2ccccc21. The maximum atomic E-state index is 12.8. The minimum atomic E-state index is -0.986. The van der Waals surface area contributed by atoms with Crippen molar-refractivity contribution in [3.63, 3.8) is 0 Å². The van der Waals surface area contributed by atoms with Crippen molar-refractivity contribution in [3.8, 4) is 11.1 Å². The normalized spacial score (nSPS) is 19.9. The predicted molar refractivity (Wildman–Crippen MR) is 125 cm³/mol. The second-order valence-corrected chi connectivity index (χ2v) is 9.11. The zero-order valence-corrected chi connectivity index (χ0v) is 19.3. The summed E-state index contributed by atoms with van der Waals surface area (Å²) in [5.74, 6) is -1.53. The zero-order valence-electron chi connectivity index (χ0n) is 19.3. The first-order valence-corrected chi connectivity index (χ1v) is 11.6. The fourth-order valence-electron chi connectivity index (χ4n) is 4.69. The number of hydrogen-bond acceptors (Lipinski definition) is 5. The lowest BCUT2D eigenvalue weighted by molar-refractivity contribution is -0.138. The van der Waals surface area contributed by atoms with Gasteiger partial charge in [0, 0.05) is 18.6 Å². The highest BCUT2D eigenvalue weighted by Gasteiger charge is 2.37. The first-order chi connectivity index (χ1) is 16.3. The topological polar surface area (TPSA) is 114 Å². The summed E-state index contributed by atoms with van der Waals surface area (Å²) >= 11 is 0. The van der Waals surface area contributed by atoms with Gasteiger partial charge in [-0.3, -0.25) is 9.59 Å². The van der Waals surface area contributed by atoms with Gasteiger partial charge in [0.05, 0.1) is 12.5 Å². The molecule has 8 heteroatoms. The summed E-state index contributed by atoms with van der Waals surface area (Å²) in [5.41, 5.74) is 4.54. The van der Waals surface area contributed by atoms with Gasteiger partial charge in [-0.25, -0.2) is 4.79 Å². The second kappa shape index (κ2) is 10.3. The number of alkyl carbamates (subject to hydrolysis) is 1. The van der Waals surface area contributed by atoms with Crippen LogP contribution >= 0.6 is 0 Å². The summed E-state index contributed by atoms with van der Waals surface area (Å²) in [6, 6.07) is 15.1. The van der Waals surface area contributed by atoms with E-state index in [1.54, 1.807) is 0 Å². The maximum absolute atomic E-state index is 12.8. The fourth-order valence-corrected chi connectivity index (χ4v) is 4.69. The number of nitrogens with one attached hydrogen (secondary N) is 2. The summed E-state index contributed by atoms with van der Waals surface area (Å²) in [4.78, 5) is 36.5. The van der Waals surface area contributed by atoms with Crippen molar-refractivity contribution < 1.29 is 29.0 Å². The van der Waals surface area contributed by atoms with Crippen LogP contribution in [0.15, 0.2) is 48.5 Å². The van der Waals surface area contributed by atoms with Crippen LogP contribution in [-0.2, 0) is 19.1 Å². The van der Waals surface area contributed by atoms with Crippen molar-refractivity contribution in [1.82, 2.24) is 10.6 Å². The average Bonchev–Trinajstić information content (AvgIpc) is 3.39. The zero-order chi connectivity index (χ0) is 24.2. The van der Waals surface area contributed by atoms with E-state index in [2.05, 4.69) is 34.9 Å². The summed E-state index contributed by atoms with van der Waals surface area (Å²) in [6.45, 7) is 4.18. The molecule has 4 rings (SSSR count). The number of amides is 2. The number of hydrogen-bond donors (Lipinski definition) is 3. The number of benzene rings is 2. The molecule has 0 aromatic heterocycles. The van der Waals surface area contributed by atoms with Crippen LogP contribution in [0.1, 0.15) is 43.7 Å². The predicted octanol–water partition coefficient (Wildman–Crippen LogP) is 3.30. The summed E-state index contributed by atoms with van der Waals surface area (Å²) in [5, 5.41) is 14.6. The lowest BCUT2D eigenvalue weighted by atomic mass is 9.98. The molecule has 34 heavy (non-hydrogen) atoms. The van der Waals surface area contributed by atoms with E-state index in [9.17, 15) is 14.4 Å². The van der Waals surface area contributed by atoms with Gasteiger partial charge in [0.15, 0.2) is 6.10 Å². The molecule has 0 spiro atoms. The second-order valence-electron chi connectivity index (χ2n) is 9.11. The molecule has 180 valence electrons. The average molecular weight is 467 g/mol.